The summed E-state index contributed by atoms with van der Waals surface area (Å²) in [5.74, 6) is 0.720. The molecule has 1 aromatic heterocycles. The standard InChI is InChI=1S/C16H21N5O/c1-11-14-10-13(18-12(2)22)4-5-15(14)19-16(17-11)21-8-6-20(3)7-9-21/h4-5,10H,6-9H2,1-3H3,(H,18,22). The number of carbonyl (C=O) groups excluding carboxylic acids is 1. The number of anilines is 2. The van der Waals surface area contributed by atoms with Gasteiger partial charge in [0.15, 0.2) is 0 Å². The van der Waals surface area contributed by atoms with E-state index in [1.165, 1.54) is 6.92 Å². The van der Waals surface area contributed by atoms with E-state index < -0.39 is 0 Å². The number of likely N-dealkylation sites (N-methyl/N-ethyl adjacent to an activating group) is 1. The number of nitrogens with zero attached hydrogens (tertiary/aromatic N) is 4. The van der Waals surface area contributed by atoms with Gasteiger partial charge in [-0.2, -0.15) is 0 Å². The Bertz CT molecular complexity index is 707. The summed E-state index contributed by atoms with van der Waals surface area (Å²) in [6.07, 6.45) is 0. The Balaban J connectivity index is 1.93. The first kappa shape index (κ1) is 14.7. The maximum Gasteiger partial charge on any atom is 0.226 e. The van der Waals surface area contributed by atoms with E-state index in [4.69, 9.17) is 0 Å². The molecule has 3 rings (SSSR count). The van der Waals surface area contributed by atoms with Crippen molar-refractivity contribution < 1.29 is 4.79 Å². The van der Waals surface area contributed by atoms with Crippen LogP contribution in [-0.2, 0) is 4.79 Å². The van der Waals surface area contributed by atoms with Crippen LogP contribution in [0.5, 0.6) is 0 Å². The molecule has 0 bridgehead atoms. The zero-order valence-corrected chi connectivity index (χ0v) is 13.3. The monoisotopic (exact) mass is 299 g/mol. The zero-order valence-electron chi connectivity index (χ0n) is 13.3. The molecule has 0 aliphatic carbocycles. The molecule has 0 spiro atoms. The van der Waals surface area contributed by atoms with E-state index in [1.54, 1.807) is 0 Å². The van der Waals surface area contributed by atoms with Gasteiger partial charge in [-0.15, -0.1) is 0 Å². The Hall–Kier alpha value is -2.21. The van der Waals surface area contributed by atoms with Gasteiger partial charge in [0.1, 0.15) is 0 Å². The minimum atomic E-state index is -0.0769. The highest BCUT2D eigenvalue weighted by Gasteiger charge is 2.17. The fourth-order valence-electron chi connectivity index (χ4n) is 2.70. The predicted molar refractivity (Wildman–Crippen MR) is 88.3 cm³/mol. The minimum absolute atomic E-state index is 0.0769. The number of nitrogens with one attached hydrogen (secondary N) is 1. The van der Waals surface area contributed by atoms with Crippen molar-refractivity contribution in [2.24, 2.45) is 0 Å². The number of benzene rings is 1. The van der Waals surface area contributed by atoms with Crippen LogP contribution in [0.25, 0.3) is 10.9 Å². The van der Waals surface area contributed by atoms with Gasteiger partial charge in [0.2, 0.25) is 11.9 Å². The van der Waals surface area contributed by atoms with Crippen LogP contribution >= 0.6 is 0 Å². The van der Waals surface area contributed by atoms with Crippen molar-refractivity contribution >= 4 is 28.4 Å². The van der Waals surface area contributed by atoms with E-state index in [2.05, 4.69) is 32.1 Å². The van der Waals surface area contributed by atoms with Crippen molar-refractivity contribution in [2.75, 3.05) is 43.4 Å². The minimum Gasteiger partial charge on any atom is -0.338 e. The van der Waals surface area contributed by atoms with Crippen LogP contribution in [-0.4, -0.2) is 54.0 Å². The molecular weight excluding hydrogens is 278 g/mol. The van der Waals surface area contributed by atoms with Crippen LogP contribution in [0.4, 0.5) is 11.6 Å². The smallest absolute Gasteiger partial charge is 0.226 e. The molecule has 22 heavy (non-hydrogen) atoms. The highest BCUT2D eigenvalue weighted by Crippen LogP contribution is 2.23. The molecule has 116 valence electrons. The van der Waals surface area contributed by atoms with Crippen LogP contribution in [0.2, 0.25) is 0 Å². The fraction of sp³-hybridized carbons (Fsp3) is 0.438. The SMILES string of the molecule is CC(=O)Nc1ccc2nc(N3CCN(C)CC3)nc(C)c2c1. The van der Waals surface area contributed by atoms with E-state index in [0.29, 0.717) is 0 Å². The van der Waals surface area contributed by atoms with Crippen molar-refractivity contribution in [3.63, 3.8) is 0 Å². The van der Waals surface area contributed by atoms with Crippen molar-refractivity contribution in [3.05, 3.63) is 23.9 Å². The number of aryl methyl sites for hydroxylation is 1. The van der Waals surface area contributed by atoms with E-state index in [0.717, 1.165) is 54.4 Å². The summed E-state index contributed by atoms with van der Waals surface area (Å²) in [5, 5.41) is 3.77. The summed E-state index contributed by atoms with van der Waals surface area (Å²) in [5.41, 5.74) is 2.63. The first-order valence-corrected chi connectivity index (χ1v) is 7.52. The highest BCUT2D eigenvalue weighted by molar-refractivity contribution is 5.93. The Morgan fingerprint density at radius 3 is 2.59 bits per heavy atom. The molecule has 6 nitrogen and oxygen atoms in total. The number of carbonyl (C=O) groups is 1. The second kappa shape index (κ2) is 5.88. The highest BCUT2D eigenvalue weighted by atomic mass is 16.1. The molecule has 1 N–H and O–H groups in total. The van der Waals surface area contributed by atoms with Gasteiger partial charge in [-0.05, 0) is 32.2 Å². The zero-order chi connectivity index (χ0) is 15.7. The van der Waals surface area contributed by atoms with Crippen molar-refractivity contribution in [1.82, 2.24) is 14.9 Å². The van der Waals surface area contributed by atoms with Crippen LogP contribution in [0.3, 0.4) is 0 Å². The first-order chi connectivity index (χ1) is 10.5. The molecule has 0 radical (unpaired) electrons. The quantitative estimate of drug-likeness (QED) is 0.913. The van der Waals surface area contributed by atoms with E-state index in [9.17, 15) is 4.79 Å². The number of aromatic nitrogens is 2. The summed E-state index contributed by atoms with van der Waals surface area (Å²) in [6, 6.07) is 5.75. The van der Waals surface area contributed by atoms with Gasteiger partial charge in [0.25, 0.3) is 0 Å². The molecular formula is C16H21N5O. The van der Waals surface area contributed by atoms with Crippen molar-refractivity contribution in [2.45, 2.75) is 13.8 Å². The lowest BCUT2D eigenvalue weighted by atomic mass is 10.1. The average molecular weight is 299 g/mol. The molecule has 1 aromatic carbocycles. The summed E-state index contributed by atoms with van der Waals surface area (Å²) < 4.78 is 0. The summed E-state index contributed by atoms with van der Waals surface area (Å²) in [4.78, 5) is 25.1. The third-order valence-corrected chi connectivity index (χ3v) is 3.98. The maximum absolute atomic E-state index is 11.2. The Labute approximate surface area is 130 Å². The third kappa shape index (κ3) is 3.01. The molecule has 1 saturated heterocycles. The second-order valence-electron chi connectivity index (χ2n) is 5.81. The van der Waals surface area contributed by atoms with E-state index in [1.807, 2.05) is 25.1 Å². The molecule has 0 atom stereocenters. The number of rotatable bonds is 2. The second-order valence-corrected chi connectivity index (χ2v) is 5.81. The average Bonchev–Trinajstić information content (AvgIpc) is 2.48. The lowest BCUT2D eigenvalue weighted by Gasteiger charge is -2.32. The summed E-state index contributed by atoms with van der Waals surface area (Å²) in [6.45, 7) is 7.45. The third-order valence-electron chi connectivity index (χ3n) is 3.98. The first-order valence-electron chi connectivity index (χ1n) is 7.52. The van der Waals surface area contributed by atoms with Crippen LogP contribution in [0.1, 0.15) is 12.6 Å². The van der Waals surface area contributed by atoms with Crippen LogP contribution < -0.4 is 10.2 Å². The Kier molecular flexibility index (Phi) is 3.94. The maximum atomic E-state index is 11.2. The number of amides is 1. The molecule has 2 aromatic rings. The summed E-state index contributed by atoms with van der Waals surface area (Å²) in [7, 11) is 2.13. The fourth-order valence-corrected chi connectivity index (χ4v) is 2.70. The predicted octanol–water partition coefficient (Wildman–Crippen LogP) is 1.65. The normalized spacial score (nSPS) is 16.0. The molecule has 1 aliphatic rings. The van der Waals surface area contributed by atoms with Gasteiger partial charge in [0.05, 0.1) is 11.2 Å². The van der Waals surface area contributed by atoms with Gasteiger partial charge >= 0.3 is 0 Å². The van der Waals surface area contributed by atoms with Gasteiger partial charge in [0, 0.05) is 44.2 Å². The lowest BCUT2D eigenvalue weighted by molar-refractivity contribution is -0.114. The Morgan fingerprint density at radius 2 is 1.91 bits per heavy atom. The van der Waals surface area contributed by atoms with Crippen LogP contribution in [0, 0.1) is 6.92 Å². The molecule has 1 amide bonds. The molecule has 0 unspecified atom stereocenters. The van der Waals surface area contributed by atoms with Crippen molar-refractivity contribution in [3.8, 4) is 0 Å². The lowest BCUT2D eigenvalue weighted by Crippen LogP contribution is -2.45. The van der Waals surface area contributed by atoms with Gasteiger partial charge in [-0.25, -0.2) is 9.97 Å². The molecule has 1 aliphatic heterocycles. The number of hydrogen-bond donors (Lipinski definition) is 1. The molecule has 6 heteroatoms. The topological polar surface area (TPSA) is 61.4 Å². The number of fused-ring (bicyclic) bond motifs is 1. The number of hydrogen-bond acceptors (Lipinski definition) is 5. The molecule has 1 fully saturated rings. The van der Waals surface area contributed by atoms with E-state index >= 15 is 0 Å². The summed E-state index contributed by atoms with van der Waals surface area (Å²) >= 11 is 0. The van der Waals surface area contributed by atoms with Crippen molar-refractivity contribution in [1.29, 1.82) is 0 Å². The van der Waals surface area contributed by atoms with Gasteiger partial charge in [-0.3, -0.25) is 4.79 Å². The van der Waals surface area contributed by atoms with Gasteiger partial charge < -0.3 is 15.1 Å². The van der Waals surface area contributed by atoms with E-state index in [-0.39, 0.29) is 5.91 Å². The molecule has 2 heterocycles. The largest absolute Gasteiger partial charge is 0.338 e. The Morgan fingerprint density at radius 1 is 1.18 bits per heavy atom. The van der Waals surface area contributed by atoms with Crippen LogP contribution in [0.15, 0.2) is 18.2 Å². The molecule has 0 saturated carbocycles. The number of piperazine rings is 1. The van der Waals surface area contributed by atoms with Gasteiger partial charge in [-0.1, -0.05) is 0 Å².